The lowest BCUT2D eigenvalue weighted by atomic mass is 9.69. The van der Waals surface area contributed by atoms with Crippen LogP contribution in [-0.2, 0) is 4.74 Å². The fourth-order valence-electron chi connectivity index (χ4n) is 5.77. The van der Waals surface area contributed by atoms with Crippen LogP contribution < -0.4 is 0 Å². The molecule has 0 aromatic carbocycles. The molecular weight excluding hydrogens is 265 g/mol. The van der Waals surface area contributed by atoms with Gasteiger partial charge in [0.15, 0.2) is 0 Å². The summed E-state index contributed by atoms with van der Waals surface area (Å²) in [7, 11) is 0. The predicted octanol–water partition coefficient (Wildman–Crippen LogP) is 4.05. The van der Waals surface area contributed by atoms with E-state index in [9.17, 15) is 13.2 Å². The number of allylic oxidation sites excluding steroid dienone is 2. The summed E-state index contributed by atoms with van der Waals surface area (Å²) in [5, 5.41) is 0. The number of hydrogen-bond acceptors (Lipinski definition) is 1. The number of fused-ring (bicyclic) bond motifs is 9. The lowest BCUT2D eigenvalue weighted by Crippen LogP contribution is -2.33. The average molecular weight is 286 g/mol. The van der Waals surface area contributed by atoms with E-state index >= 15 is 0 Å². The van der Waals surface area contributed by atoms with Crippen molar-refractivity contribution in [1.82, 2.24) is 0 Å². The zero-order valence-electron chi connectivity index (χ0n) is 11.5. The maximum absolute atomic E-state index is 12.1. The Kier molecular flexibility index (Phi) is 2.96. The quantitative estimate of drug-likeness (QED) is 0.430. The molecule has 0 aromatic heterocycles. The normalized spacial score (nSPS) is 48.2. The summed E-state index contributed by atoms with van der Waals surface area (Å²) >= 11 is 0. The molecule has 112 valence electrons. The molecule has 0 amide bonds. The molecule has 4 rings (SSSR count). The minimum atomic E-state index is -4.09. The zero-order valence-corrected chi connectivity index (χ0v) is 11.5. The zero-order chi connectivity index (χ0) is 13.9. The van der Waals surface area contributed by atoms with Gasteiger partial charge in [-0.2, -0.15) is 13.2 Å². The first-order chi connectivity index (χ1) is 9.53. The second-order valence-electron chi connectivity index (χ2n) is 7.20. The molecule has 4 heteroatoms. The first kappa shape index (κ1) is 13.2. The fourth-order valence-corrected chi connectivity index (χ4v) is 5.77. The van der Waals surface area contributed by atoms with Gasteiger partial charge in [0.2, 0.25) is 0 Å². The number of rotatable bonds is 4. The Bertz CT molecular complexity index is 416. The Morgan fingerprint density at radius 1 is 1.00 bits per heavy atom. The van der Waals surface area contributed by atoms with Gasteiger partial charge in [-0.1, -0.05) is 12.2 Å². The SMILES string of the molecule is FC(F)(F)CCOCC1CC2CC1C1C3C=CC(C3)C21. The molecule has 3 fully saturated rings. The molecule has 0 heterocycles. The summed E-state index contributed by atoms with van der Waals surface area (Å²) in [6.07, 6.45) is 3.74. The second-order valence-corrected chi connectivity index (χ2v) is 7.20. The van der Waals surface area contributed by atoms with Crippen LogP contribution in [0.2, 0.25) is 0 Å². The van der Waals surface area contributed by atoms with Crippen molar-refractivity contribution in [3.63, 3.8) is 0 Å². The van der Waals surface area contributed by atoms with Crippen molar-refractivity contribution in [3.8, 4) is 0 Å². The number of alkyl halides is 3. The highest BCUT2D eigenvalue weighted by Gasteiger charge is 2.60. The van der Waals surface area contributed by atoms with Gasteiger partial charge in [-0.15, -0.1) is 0 Å². The molecule has 7 unspecified atom stereocenters. The largest absolute Gasteiger partial charge is 0.391 e. The molecule has 0 aliphatic heterocycles. The molecule has 20 heavy (non-hydrogen) atoms. The minimum absolute atomic E-state index is 0.169. The molecule has 3 saturated carbocycles. The summed E-state index contributed by atoms with van der Waals surface area (Å²) in [4.78, 5) is 0. The van der Waals surface area contributed by atoms with E-state index in [2.05, 4.69) is 12.2 Å². The van der Waals surface area contributed by atoms with Crippen molar-refractivity contribution in [3.05, 3.63) is 12.2 Å². The number of ether oxygens (including phenoxy) is 1. The van der Waals surface area contributed by atoms with E-state index in [-0.39, 0.29) is 6.61 Å². The van der Waals surface area contributed by atoms with Crippen molar-refractivity contribution in [2.75, 3.05) is 13.2 Å². The third-order valence-corrected chi connectivity index (χ3v) is 6.27. The van der Waals surface area contributed by atoms with Gasteiger partial charge in [0.1, 0.15) is 0 Å². The van der Waals surface area contributed by atoms with Gasteiger partial charge in [-0.25, -0.2) is 0 Å². The second kappa shape index (κ2) is 4.49. The van der Waals surface area contributed by atoms with Crippen molar-refractivity contribution < 1.29 is 17.9 Å². The fraction of sp³-hybridized carbons (Fsp3) is 0.875. The van der Waals surface area contributed by atoms with Crippen LogP contribution in [0, 0.1) is 41.4 Å². The topological polar surface area (TPSA) is 9.23 Å². The Morgan fingerprint density at radius 2 is 1.75 bits per heavy atom. The van der Waals surface area contributed by atoms with E-state index in [1.807, 2.05) is 0 Å². The van der Waals surface area contributed by atoms with E-state index in [0.717, 1.165) is 35.5 Å². The molecular formula is C16H21F3O. The van der Waals surface area contributed by atoms with E-state index in [0.29, 0.717) is 12.5 Å². The molecule has 4 aliphatic carbocycles. The molecule has 0 spiro atoms. The Morgan fingerprint density at radius 3 is 2.50 bits per heavy atom. The van der Waals surface area contributed by atoms with Crippen LogP contribution in [0.3, 0.4) is 0 Å². The molecule has 7 atom stereocenters. The molecule has 0 radical (unpaired) electrons. The predicted molar refractivity (Wildman–Crippen MR) is 68.9 cm³/mol. The van der Waals surface area contributed by atoms with Gasteiger partial charge in [-0.05, 0) is 60.7 Å². The highest BCUT2D eigenvalue weighted by atomic mass is 19.4. The summed E-state index contributed by atoms with van der Waals surface area (Å²) in [5.74, 6) is 5.34. The standard InChI is InChI=1S/C16H21F3O/c17-16(18,19)3-4-20-8-12-6-11-7-13(12)15-10-2-1-9(5-10)14(11)15/h1-2,9-15H,3-8H2. The van der Waals surface area contributed by atoms with Crippen LogP contribution in [0.1, 0.15) is 25.7 Å². The van der Waals surface area contributed by atoms with Gasteiger partial charge in [0.25, 0.3) is 0 Å². The third kappa shape index (κ3) is 2.02. The molecule has 1 nitrogen and oxygen atoms in total. The summed E-state index contributed by atoms with van der Waals surface area (Å²) < 4.78 is 41.6. The Balaban J connectivity index is 1.31. The smallest absolute Gasteiger partial charge is 0.381 e. The molecule has 0 saturated heterocycles. The van der Waals surface area contributed by atoms with Gasteiger partial charge in [0.05, 0.1) is 13.0 Å². The summed E-state index contributed by atoms with van der Waals surface area (Å²) in [6.45, 7) is 0.374. The van der Waals surface area contributed by atoms with Crippen molar-refractivity contribution >= 4 is 0 Å². The number of hydrogen-bond donors (Lipinski definition) is 0. The van der Waals surface area contributed by atoms with Crippen LogP contribution in [0.5, 0.6) is 0 Å². The highest BCUT2D eigenvalue weighted by molar-refractivity contribution is 5.20. The third-order valence-electron chi connectivity index (χ3n) is 6.27. The monoisotopic (exact) mass is 286 g/mol. The van der Waals surface area contributed by atoms with Crippen LogP contribution in [-0.4, -0.2) is 19.4 Å². The maximum atomic E-state index is 12.1. The number of halogens is 3. The lowest BCUT2D eigenvalue weighted by molar-refractivity contribution is -0.146. The average Bonchev–Trinajstić information content (AvgIpc) is 3.10. The van der Waals surface area contributed by atoms with Crippen molar-refractivity contribution in [2.24, 2.45) is 41.4 Å². The molecule has 4 aliphatic rings. The highest BCUT2D eigenvalue weighted by Crippen LogP contribution is 2.66. The van der Waals surface area contributed by atoms with Crippen LogP contribution in [0.15, 0.2) is 12.2 Å². The summed E-state index contributed by atoms with van der Waals surface area (Å²) in [6, 6.07) is 0. The molecule has 4 bridgehead atoms. The van der Waals surface area contributed by atoms with Crippen LogP contribution in [0.4, 0.5) is 13.2 Å². The van der Waals surface area contributed by atoms with Gasteiger partial charge in [-0.3, -0.25) is 0 Å². The van der Waals surface area contributed by atoms with Crippen molar-refractivity contribution in [1.29, 1.82) is 0 Å². The molecule has 0 N–H and O–H groups in total. The van der Waals surface area contributed by atoms with E-state index in [1.165, 1.54) is 19.3 Å². The maximum Gasteiger partial charge on any atom is 0.391 e. The minimum Gasteiger partial charge on any atom is -0.381 e. The molecule has 0 aromatic rings. The van der Waals surface area contributed by atoms with Crippen molar-refractivity contribution in [2.45, 2.75) is 31.9 Å². The lowest BCUT2D eigenvalue weighted by Gasteiger charge is -2.36. The Labute approximate surface area is 117 Å². The first-order valence-electron chi connectivity index (χ1n) is 7.86. The van der Waals surface area contributed by atoms with Crippen LogP contribution >= 0.6 is 0 Å². The van der Waals surface area contributed by atoms with Gasteiger partial charge < -0.3 is 4.74 Å². The van der Waals surface area contributed by atoms with Gasteiger partial charge >= 0.3 is 6.18 Å². The van der Waals surface area contributed by atoms with E-state index in [1.54, 1.807) is 0 Å². The first-order valence-corrected chi connectivity index (χ1v) is 7.86. The van der Waals surface area contributed by atoms with E-state index < -0.39 is 12.6 Å². The van der Waals surface area contributed by atoms with Crippen LogP contribution in [0.25, 0.3) is 0 Å². The Hall–Kier alpha value is -0.510. The summed E-state index contributed by atoms with van der Waals surface area (Å²) in [5.41, 5.74) is 0. The van der Waals surface area contributed by atoms with Gasteiger partial charge in [0, 0.05) is 6.61 Å². The van der Waals surface area contributed by atoms with E-state index in [4.69, 9.17) is 4.74 Å².